The lowest BCUT2D eigenvalue weighted by Gasteiger charge is -1.99. The minimum absolute atomic E-state index is 0.289. The Morgan fingerprint density at radius 3 is 2.88 bits per heavy atom. The van der Waals surface area contributed by atoms with Crippen molar-refractivity contribution in [3.63, 3.8) is 0 Å². The molecular formula is C15H18O2. The van der Waals surface area contributed by atoms with Crippen LogP contribution in [0.5, 0.6) is 0 Å². The predicted molar refractivity (Wildman–Crippen MR) is 71.4 cm³/mol. The van der Waals surface area contributed by atoms with Crippen molar-refractivity contribution in [2.24, 2.45) is 0 Å². The fraction of sp³-hybridized carbons (Fsp3) is 0.267. The Morgan fingerprint density at radius 1 is 1.41 bits per heavy atom. The fourth-order valence-electron chi connectivity index (χ4n) is 1.32. The number of ether oxygens (including phenoxy) is 1. The first kappa shape index (κ1) is 13.2. The molecule has 0 bridgehead atoms. The zero-order valence-electron chi connectivity index (χ0n) is 10.2. The van der Waals surface area contributed by atoms with Crippen LogP contribution in [-0.2, 0) is 9.53 Å². The van der Waals surface area contributed by atoms with Crippen LogP contribution in [0, 0.1) is 0 Å². The summed E-state index contributed by atoms with van der Waals surface area (Å²) in [6, 6.07) is 7.79. The largest absolute Gasteiger partial charge is 0.463 e. The number of benzene rings is 1. The summed E-state index contributed by atoms with van der Waals surface area (Å²) in [6.45, 7) is 6.25. The van der Waals surface area contributed by atoms with Gasteiger partial charge in [-0.25, -0.2) is 4.79 Å². The van der Waals surface area contributed by atoms with Crippen LogP contribution in [0.1, 0.15) is 30.9 Å². The lowest BCUT2D eigenvalue weighted by atomic mass is 10.1. The number of carbonyl (C=O) groups is 1. The third-order valence-electron chi connectivity index (χ3n) is 2.30. The summed E-state index contributed by atoms with van der Waals surface area (Å²) < 4.78 is 5.01. The van der Waals surface area contributed by atoms with Gasteiger partial charge in [-0.15, -0.1) is 0 Å². The first-order chi connectivity index (χ1) is 8.26. The van der Waals surface area contributed by atoms with Gasteiger partial charge in [-0.05, 0) is 29.7 Å². The second-order valence-corrected chi connectivity index (χ2v) is 3.73. The molecule has 2 heteroatoms. The summed E-state index contributed by atoms with van der Waals surface area (Å²) in [4.78, 5) is 11.3. The fourth-order valence-corrected chi connectivity index (χ4v) is 1.32. The van der Waals surface area contributed by atoms with E-state index < -0.39 is 0 Å². The lowest BCUT2D eigenvalue weighted by molar-refractivity contribution is -0.137. The van der Waals surface area contributed by atoms with Crippen LogP contribution in [-0.4, -0.2) is 12.6 Å². The van der Waals surface area contributed by atoms with Crippen LogP contribution in [0.25, 0.3) is 12.2 Å². The van der Waals surface area contributed by atoms with Crippen molar-refractivity contribution in [3.05, 3.63) is 48.0 Å². The topological polar surface area (TPSA) is 26.3 Å². The highest BCUT2D eigenvalue weighted by molar-refractivity contribution is 5.87. The normalized spacial score (nSPS) is 10.4. The van der Waals surface area contributed by atoms with E-state index in [9.17, 15) is 4.79 Å². The van der Waals surface area contributed by atoms with Gasteiger partial charge in [0.05, 0.1) is 6.61 Å². The maximum Gasteiger partial charge on any atom is 0.330 e. The number of esters is 1. The minimum Gasteiger partial charge on any atom is -0.463 e. The molecule has 0 unspecified atom stereocenters. The average Bonchev–Trinajstić information content (AvgIpc) is 2.37. The molecule has 1 aromatic carbocycles. The van der Waals surface area contributed by atoms with E-state index in [1.807, 2.05) is 24.3 Å². The van der Waals surface area contributed by atoms with Crippen molar-refractivity contribution in [2.45, 2.75) is 19.8 Å². The van der Waals surface area contributed by atoms with Gasteiger partial charge in [-0.3, -0.25) is 0 Å². The molecule has 0 aromatic heterocycles. The van der Waals surface area contributed by atoms with E-state index in [-0.39, 0.29) is 5.97 Å². The molecule has 0 amide bonds. The first-order valence-electron chi connectivity index (χ1n) is 5.83. The van der Waals surface area contributed by atoms with E-state index >= 15 is 0 Å². The summed E-state index contributed by atoms with van der Waals surface area (Å²) >= 11 is 0. The Hall–Kier alpha value is -1.83. The average molecular weight is 230 g/mol. The van der Waals surface area contributed by atoms with Crippen LogP contribution in [0.4, 0.5) is 0 Å². The van der Waals surface area contributed by atoms with Crippen LogP contribution >= 0.6 is 0 Å². The monoisotopic (exact) mass is 230 g/mol. The zero-order valence-corrected chi connectivity index (χ0v) is 10.2. The second-order valence-electron chi connectivity index (χ2n) is 3.73. The van der Waals surface area contributed by atoms with Crippen molar-refractivity contribution in [2.75, 3.05) is 6.61 Å². The molecule has 2 nitrogen and oxygen atoms in total. The van der Waals surface area contributed by atoms with Crippen molar-refractivity contribution in [3.8, 4) is 0 Å². The quantitative estimate of drug-likeness (QED) is 0.423. The molecule has 0 saturated heterocycles. The van der Waals surface area contributed by atoms with E-state index in [1.165, 1.54) is 6.08 Å². The van der Waals surface area contributed by atoms with Crippen molar-refractivity contribution < 1.29 is 9.53 Å². The highest BCUT2D eigenvalue weighted by Crippen LogP contribution is 2.08. The highest BCUT2D eigenvalue weighted by Gasteiger charge is 1.96. The van der Waals surface area contributed by atoms with Gasteiger partial charge in [0.15, 0.2) is 0 Å². The first-order valence-corrected chi connectivity index (χ1v) is 5.83. The van der Waals surface area contributed by atoms with Crippen molar-refractivity contribution >= 4 is 18.1 Å². The molecule has 1 aromatic rings. The molecule has 0 radical (unpaired) electrons. The molecule has 0 fully saturated rings. The molecule has 0 N–H and O–H groups in total. The molecule has 0 spiro atoms. The maximum atomic E-state index is 11.3. The number of hydrogen-bond acceptors (Lipinski definition) is 2. The third-order valence-corrected chi connectivity index (χ3v) is 2.30. The molecule has 0 aliphatic carbocycles. The van der Waals surface area contributed by atoms with Crippen molar-refractivity contribution in [1.29, 1.82) is 0 Å². The number of unbranched alkanes of at least 4 members (excludes halogenated alkanes) is 1. The van der Waals surface area contributed by atoms with E-state index in [2.05, 4.69) is 13.5 Å². The van der Waals surface area contributed by atoms with Gasteiger partial charge in [-0.2, -0.15) is 0 Å². The molecule has 0 saturated carbocycles. The van der Waals surface area contributed by atoms with Crippen LogP contribution < -0.4 is 0 Å². The number of carbonyl (C=O) groups excluding carboxylic acids is 1. The molecule has 0 atom stereocenters. The molecule has 0 aliphatic heterocycles. The Labute approximate surface area is 103 Å². The van der Waals surface area contributed by atoms with Gasteiger partial charge in [0, 0.05) is 6.08 Å². The standard InChI is InChI=1S/C15H18O2/c1-3-5-11-17-15(16)10-9-14-8-6-7-13(4-2)12-14/h4,6-10,12H,2-3,5,11H2,1H3/b10-9+. The van der Waals surface area contributed by atoms with Gasteiger partial charge in [0.2, 0.25) is 0 Å². The SMILES string of the molecule is C=Cc1cccc(/C=C/C(=O)OCCCC)c1. The van der Waals surface area contributed by atoms with E-state index in [0.29, 0.717) is 6.61 Å². The zero-order chi connectivity index (χ0) is 12.5. The number of hydrogen-bond donors (Lipinski definition) is 0. The van der Waals surface area contributed by atoms with Gasteiger partial charge >= 0.3 is 5.97 Å². The smallest absolute Gasteiger partial charge is 0.330 e. The highest BCUT2D eigenvalue weighted by atomic mass is 16.5. The van der Waals surface area contributed by atoms with E-state index in [4.69, 9.17) is 4.74 Å². The third kappa shape index (κ3) is 5.16. The summed E-state index contributed by atoms with van der Waals surface area (Å²) in [5.41, 5.74) is 2.00. The molecule has 0 aliphatic rings. The van der Waals surface area contributed by atoms with E-state index in [0.717, 1.165) is 24.0 Å². The Morgan fingerprint density at radius 2 is 2.18 bits per heavy atom. The Balaban J connectivity index is 2.51. The molecule has 1 rings (SSSR count). The minimum atomic E-state index is -0.289. The molecule has 0 heterocycles. The number of rotatable bonds is 6. The van der Waals surface area contributed by atoms with Gasteiger partial charge < -0.3 is 4.74 Å². The second kappa shape index (κ2) is 7.44. The summed E-state index contributed by atoms with van der Waals surface area (Å²) in [7, 11) is 0. The van der Waals surface area contributed by atoms with Gasteiger partial charge in [0.1, 0.15) is 0 Å². The van der Waals surface area contributed by atoms with Crippen LogP contribution in [0.2, 0.25) is 0 Å². The summed E-state index contributed by atoms with van der Waals surface area (Å²) in [5.74, 6) is -0.289. The molecule has 17 heavy (non-hydrogen) atoms. The Kier molecular flexibility index (Phi) is 5.80. The van der Waals surface area contributed by atoms with Crippen molar-refractivity contribution in [1.82, 2.24) is 0 Å². The van der Waals surface area contributed by atoms with Gasteiger partial charge in [0.25, 0.3) is 0 Å². The molecular weight excluding hydrogens is 212 g/mol. The predicted octanol–water partition coefficient (Wildman–Crippen LogP) is 3.69. The maximum absolute atomic E-state index is 11.3. The van der Waals surface area contributed by atoms with Crippen LogP contribution in [0.15, 0.2) is 36.9 Å². The summed E-state index contributed by atoms with van der Waals surface area (Å²) in [6.07, 6.45) is 6.92. The lowest BCUT2D eigenvalue weighted by Crippen LogP contribution is -2.01. The van der Waals surface area contributed by atoms with Crippen LogP contribution in [0.3, 0.4) is 0 Å². The Bertz CT molecular complexity index is 405. The van der Waals surface area contributed by atoms with Gasteiger partial charge in [-0.1, -0.05) is 44.2 Å². The van der Waals surface area contributed by atoms with E-state index in [1.54, 1.807) is 12.2 Å². The summed E-state index contributed by atoms with van der Waals surface area (Å²) in [5, 5.41) is 0. The molecule has 90 valence electrons.